The van der Waals surface area contributed by atoms with Gasteiger partial charge in [-0.05, 0) is 53.9 Å². The molecule has 0 aliphatic carbocycles. The van der Waals surface area contributed by atoms with Gasteiger partial charge in [0.1, 0.15) is 11.5 Å². The Labute approximate surface area is 141 Å². The maximum Gasteiger partial charge on any atom is 0.343 e. The Hall–Kier alpha value is -3.07. The van der Waals surface area contributed by atoms with Gasteiger partial charge in [0.15, 0.2) is 0 Å². The summed E-state index contributed by atoms with van der Waals surface area (Å²) < 4.78 is 10.6. The van der Waals surface area contributed by atoms with Crippen LogP contribution in [0.3, 0.4) is 0 Å². The van der Waals surface area contributed by atoms with Crippen molar-refractivity contribution in [1.82, 2.24) is 0 Å². The largest absolute Gasteiger partial charge is 0.497 e. The Morgan fingerprint density at radius 3 is 1.96 bits per heavy atom. The van der Waals surface area contributed by atoms with Gasteiger partial charge in [0.25, 0.3) is 0 Å². The minimum Gasteiger partial charge on any atom is -0.497 e. The maximum atomic E-state index is 12.3. The van der Waals surface area contributed by atoms with Gasteiger partial charge in [0.2, 0.25) is 0 Å². The van der Waals surface area contributed by atoms with Crippen molar-refractivity contribution in [2.24, 2.45) is 0 Å². The highest BCUT2D eigenvalue weighted by atomic mass is 16.5. The molecule has 0 saturated carbocycles. The standard InChI is InChI=1S/C21H18O3/c1-15-5-3-4-6-20(15)24-21(22)18-9-7-16(8-10-18)17-11-13-19(23-2)14-12-17/h3-14H,1-2H3. The number of para-hydroxylation sites is 1. The second kappa shape index (κ2) is 7.01. The van der Waals surface area contributed by atoms with Crippen molar-refractivity contribution in [3.63, 3.8) is 0 Å². The second-order valence-electron chi connectivity index (χ2n) is 5.46. The van der Waals surface area contributed by atoms with Crippen LogP contribution in [0.2, 0.25) is 0 Å². The quantitative estimate of drug-likeness (QED) is 0.507. The van der Waals surface area contributed by atoms with Gasteiger partial charge in [-0.25, -0.2) is 4.79 Å². The molecule has 0 heterocycles. The number of ether oxygens (including phenoxy) is 2. The van der Waals surface area contributed by atoms with Crippen LogP contribution in [0.15, 0.2) is 72.8 Å². The van der Waals surface area contributed by atoms with Crippen LogP contribution in [0, 0.1) is 6.92 Å². The third-order valence-electron chi connectivity index (χ3n) is 3.84. The molecule has 0 aliphatic heterocycles. The molecule has 3 heteroatoms. The topological polar surface area (TPSA) is 35.5 Å². The molecule has 0 amide bonds. The number of esters is 1. The van der Waals surface area contributed by atoms with Crippen molar-refractivity contribution in [2.75, 3.05) is 7.11 Å². The summed E-state index contributed by atoms with van der Waals surface area (Å²) in [5.74, 6) is 1.05. The van der Waals surface area contributed by atoms with E-state index in [4.69, 9.17) is 9.47 Å². The lowest BCUT2D eigenvalue weighted by atomic mass is 10.0. The van der Waals surface area contributed by atoms with Crippen molar-refractivity contribution >= 4 is 5.97 Å². The zero-order valence-electron chi connectivity index (χ0n) is 13.7. The van der Waals surface area contributed by atoms with Gasteiger partial charge in [0.05, 0.1) is 12.7 Å². The van der Waals surface area contributed by atoms with Crippen LogP contribution < -0.4 is 9.47 Å². The first-order valence-electron chi connectivity index (χ1n) is 7.69. The molecule has 0 radical (unpaired) electrons. The van der Waals surface area contributed by atoms with Crippen LogP contribution in [0.25, 0.3) is 11.1 Å². The Morgan fingerprint density at radius 1 is 0.792 bits per heavy atom. The van der Waals surface area contributed by atoms with Crippen molar-refractivity contribution in [2.45, 2.75) is 6.92 Å². The predicted molar refractivity (Wildman–Crippen MR) is 94.6 cm³/mol. The molecule has 3 aromatic carbocycles. The van der Waals surface area contributed by atoms with Crippen molar-refractivity contribution in [3.05, 3.63) is 83.9 Å². The normalized spacial score (nSPS) is 10.2. The molecule has 0 fully saturated rings. The summed E-state index contributed by atoms with van der Waals surface area (Å²) in [7, 11) is 1.64. The fraction of sp³-hybridized carbons (Fsp3) is 0.0952. The van der Waals surface area contributed by atoms with Crippen LogP contribution in [0.4, 0.5) is 0 Å². The molecule has 0 atom stereocenters. The summed E-state index contributed by atoms with van der Waals surface area (Å²) >= 11 is 0. The third kappa shape index (κ3) is 3.46. The first-order chi connectivity index (χ1) is 11.7. The van der Waals surface area contributed by atoms with E-state index in [0.717, 1.165) is 22.4 Å². The lowest BCUT2D eigenvalue weighted by molar-refractivity contribution is 0.0733. The summed E-state index contributed by atoms with van der Waals surface area (Å²) in [4.78, 5) is 12.3. The van der Waals surface area contributed by atoms with Crippen LogP contribution in [0.1, 0.15) is 15.9 Å². The highest BCUT2D eigenvalue weighted by Gasteiger charge is 2.10. The van der Waals surface area contributed by atoms with Gasteiger partial charge in [-0.2, -0.15) is 0 Å². The van der Waals surface area contributed by atoms with Gasteiger partial charge < -0.3 is 9.47 Å². The van der Waals surface area contributed by atoms with Crippen LogP contribution in [-0.2, 0) is 0 Å². The first-order valence-corrected chi connectivity index (χ1v) is 7.69. The SMILES string of the molecule is COc1ccc(-c2ccc(C(=O)Oc3ccccc3C)cc2)cc1. The molecule has 0 aromatic heterocycles. The smallest absolute Gasteiger partial charge is 0.343 e. The number of carbonyl (C=O) groups is 1. The molecule has 0 saturated heterocycles. The summed E-state index contributed by atoms with van der Waals surface area (Å²) in [6.45, 7) is 1.91. The lowest BCUT2D eigenvalue weighted by Gasteiger charge is -2.08. The molecule has 24 heavy (non-hydrogen) atoms. The number of hydrogen-bond donors (Lipinski definition) is 0. The van der Waals surface area contributed by atoms with E-state index in [-0.39, 0.29) is 5.97 Å². The fourth-order valence-corrected chi connectivity index (χ4v) is 2.41. The zero-order valence-corrected chi connectivity index (χ0v) is 13.7. The molecule has 0 unspecified atom stereocenters. The molecule has 3 aromatic rings. The molecule has 3 nitrogen and oxygen atoms in total. The average Bonchev–Trinajstić information content (AvgIpc) is 2.64. The van der Waals surface area contributed by atoms with Crippen LogP contribution >= 0.6 is 0 Å². The van der Waals surface area contributed by atoms with Gasteiger partial charge in [-0.15, -0.1) is 0 Å². The summed E-state index contributed by atoms with van der Waals surface area (Å²) in [6.07, 6.45) is 0. The van der Waals surface area contributed by atoms with Crippen molar-refractivity contribution in [1.29, 1.82) is 0 Å². The highest BCUT2D eigenvalue weighted by molar-refractivity contribution is 5.91. The Balaban J connectivity index is 1.76. The Bertz CT molecular complexity index is 834. The van der Waals surface area contributed by atoms with Gasteiger partial charge in [-0.3, -0.25) is 0 Å². The number of carbonyl (C=O) groups excluding carboxylic acids is 1. The molecule has 3 rings (SSSR count). The van der Waals surface area contributed by atoms with E-state index in [0.29, 0.717) is 11.3 Å². The van der Waals surface area contributed by atoms with E-state index in [2.05, 4.69) is 0 Å². The summed E-state index contributed by atoms with van der Waals surface area (Å²) in [5.41, 5.74) is 3.55. The van der Waals surface area contributed by atoms with E-state index in [9.17, 15) is 4.79 Å². The summed E-state index contributed by atoms with van der Waals surface area (Å²) in [6, 6.07) is 22.6. The molecule has 0 aliphatic rings. The molecule has 0 spiro atoms. The molecular weight excluding hydrogens is 300 g/mol. The number of methoxy groups -OCH3 is 1. The van der Waals surface area contributed by atoms with E-state index < -0.39 is 0 Å². The van der Waals surface area contributed by atoms with E-state index in [1.807, 2.05) is 61.5 Å². The minimum absolute atomic E-state index is 0.356. The van der Waals surface area contributed by atoms with Gasteiger partial charge in [0, 0.05) is 0 Å². The Morgan fingerprint density at radius 2 is 1.38 bits per heavy atom. The monoisotopic (exact) mass is 318 g/mol. The molecule has 0 N–H and O–H groups in total. The number of hydrogen-bond acceptors (Lipinski definition) is 3. The number of benzene rings is 3. The van der Waals surface area contributed by atoms with Gasteiger partial charge >= 0.3 is 5.97 Å². The molecule has 120 valence electrons. The Kier molecular flexibility index (Phi) is 4.62. The second-order valence-corrected chi connectivity index (χ2v) is 5.46. The fourth-order valence-electron chi connectivity index (χ4n) is 2.41. The van der Waals surface area contributed by atoms with E-state index in [1.54, 1.807) is 25.3 Å². The molecular formula is C21H18O3. The first kappa shape index (κ1) is 15.8. The van der Waals surface area contributed by atoms with Crippen molar-refractivity contribution < 1.29 is 14.3 Å². The maximum absolute atomic E-state index is 12.3. The predicted octanol–water partition coefficient (Wildman–Crippen LogP) is 4.89. The number of rotatable bonds is 4. The average molecular weight is 318 g/mol. The highest BCUT2D eigenvalue weighted by Crippen LogP contribution is 2.23. The van der Waals surface area contributed by atoms with Crippen molar-refractivity contribution in [3.8, 4) is 22.6 Å². The minimum atomic E-state index is -0.356. The number of aryl methyl sites for hydroxylation is 1. The van der Waals surface area contributed by atoms with Crippen LogP contribution in [-0.4, -0.2) is 13.1 Å². The molecule has 0 bridgehead atoms. The lowest BCUT2D eigenvalue weighted by Crippen LogP contribution is -2.09. The van der Waals surface area contributed by atoms with Gasteiger partial charge in [-0.1, -0.05) is 42.5 Å². The summed E-state index contributed by atoms with van der Waals surface area (Å²) in [5, 5.41) is 0. The van der Waals surface area contributed by atoms with E-state index >= 15 is 0 Å². The van der Waals surface area contributed by atoms with E-state index in [1.165, 1.54) is 0 Å². The third-order valence-corrected chi connectivity index (χ3v) is 3.84. The van der Waals surface area contributed by atoms with Crippen LogP contribution in [0.5, 0.6) is 11.5 Å². The zero-order chi connectivity index (χ0) is 16.9.